The number of rotatable bonds is 4. The molecule has 2 fully saturated rings. The number of carbonyl (C=O) groups excluding carboxylic acids is 1. The van der Waals surface area contributed by atoms with E-state index < -0.39 is 5.60 Å². The van der Waals surface area contributed by atoms with Gasteiger partial charge in [-0.25, -0.2) is 0 Å². The van der Waals surface area contributed by atoms with Crippen LogP contribution in [0, 0.1) is 0 Å². The fraction of sp³-hybridized carbons (Fsp3) is 0.632. The zero-order valence-corrected chi connectivity index (χ0v) is 14.8. The van der Waals surface area contributed by atoms with Gasteiger partial charge in [0.25, 0.3) is 5.91 Å². The third-order valence-corrected chi connectivity index (χ3v) is 5.62. The second-order valence-corrected chi connectivity index (χ2v) is 7.39. The van der Waals surface area contributed by atoms with Crippen LogP contribution in [0.15, 0.2) is 24.3 Å². The first-order valence-electron chi connectivity index (χ1n) is 9.03. The molecular weight excluding hydrogens is 302 g/mol. The van der Waals surface area contributed by atoms with Crippen LogP contribution in [-0.4, -0.2) is 54.7 Å². The second-order valence-electron chi connectivity index (χ2n) is 7.39. The molecule has 5 heteroatoms. The maximum atomic E-state index is 12.3. The molecule has 1 aliphatic heterocycles. The van der Waals surface area contributed by atoms with Gasteiger partial charge >= 0.3 is 0 Å². The molecule has 1 saturated carbocycles. The first-order chi connectivity index (χ1) is 11.5. The van der Waals surface area contributed by atoms with Gasteiger partial charge in [0, 0.05) is 24.5 Å². The van der Waals surface area contributed by atoms with Gasteiger partial charge in [-0.05, 0) is 82.9 Å². The molecule has 0 unspecified atom stereocenters. The summed E-state index contributed by atoms with van der Waals surface area (Å²) in [5.41, 5.74) is 0.742. The summed E-state index contributed by atoms with van der Waals surface area (Å²) in [6.45, 7) is 2.28. The summed E-state index contributed by atoms with van der Waals surface area (Å²) in [6.07, 6.45) is 5.33. The molecule has 0 spiro atoms. The van der Waals surface area contributed by atoms with Crippen molar-refractivity contribution in [3.05, 3.63) is 24.3 Å². The highest BCUT2D eigenvalue weighted by atomic mass is 16.3. The maximum absolute atomic E-state index is 12.3. The Hall–Kier alpha value is -1.59. The van der Waals surface area contributed by atoms with E-state index in [4.69, 9.17) is 0 Å². The number of aliphatic hydroxyl groups is 1. The Bertz CT molecular complexity index is 558. The van der Waals surface area contributed by atoms with Gasteiger partial charge in [-0.15, -0.1) is 0 Å². The Kier molecular flexibility index (Phi) is 5.11. The highest BCUT2D eigenvalue weighted by molar-refractivity contribution is 5.97. The van der Waals surface area contributed by atoms with Gasteiger partial charge < -0.3 is 20.2 Å². The van der Waals surface area contributed by atoms with Crippen molar-refractivity contribution in [2.45, 2.75) is 50.2 Å². The van der Waals surface area contributed by atoms with Crippen LogP contribution in [0.4, 0.5) is 11.4 Å². The molecule has 2 aliphatic rings. The molecule has 0 bridgehead atoms. The van der Waals surface area contributed by atoms with Crippen LogP contribution in [0.5, 0.6) is 0 Å². The third-order valence-electron chi connectivity index (χ3n) is 5.62. The molecule has 5 nitrogen and oxygen atoms in total. The number of anilines is 2. The number of amides is 1. The number of benzene rings is 1. The Balaban J connectivity index is 1.59. The Morgan fingerprint density at radius 3 is 2.38 bits per heavy atom. The summed E-state index contributed by atoms with van der Waals surface area (Å²) in [4.78, 5) is 17.0. The molecule has 1 heterocycles. The Morgan fingerprint density at radius 1 is 1.21 bits per heavy atom. The minimum Gasteiger partial charge on any atom is -0.380 e. The second kappa shape index (κ2) is 7.11. The fourth-order valence-corrected chi connectivity index (χ4v) is 3.81. The summed E-state index contributed by atoms with van der Waals surface area (Å²) in [5.74, 6) is -0.267. The molecule has 0 aromatic heterocycles. The van der Waals surface area contributed by atoms with Crippen LogP contribution >= 0.6 is 0 Å². The minimum absolute atomic E-state index is 0.267. The van der Waals surface area contributed by atoms with Crippen molar-refractivity contribution in [1.82, 2.24) is 4.90 Å². The van der Waals surface area contributed by atoms with Crippen LogP contribution in [0.25, 0.3) is 0 Å². The largest absolute Gasteiger partial charge is 0.380 e. The van der Waals surface area contributed by atoms with E-state index in [-0.39, 0.29) is 5.91 Å². The third kappa shape index (κ3) is 3.73. The van der Waals surface area contributed by atoms with Gasteiger partial charge in [0.15, 0.2) is 0 Å². The lowest BCUT2D eigenvalue weighted by atomic mass is 10.0. The molecule has 0 radical (unpaired) electrons. The lowest BCUT2D eigenvalue weighted by molar-refractivity contribution is -0.133. The smallest absolute Gasteiger partial charge is 0.256 e. The Labute approximate surface area is 144 Å². The van der Waals surface area contributed by atoms with Crippen LogP contribution in [0.2, 0.25) is 0 Å². The van der Waals surface area contributed by atoms with E-state index in [1.807, 2.05) is 24.3 Å². The minimum atomic E-state index is -1.18. The summed E-state index contributed by atoms with van der Waals surface area (Å²) in [7, 11) is 4.32. The molecule has 1 aromatic carbocycles. The molecule has 132 valence electrons. The van der Waals surface area contributed by atoms with Crippen molar-refractivity contribution in [2.75, 3.05) is 37.4 Å². The Morgan fingerprint density at radius 2 is 1.79 bits per heavy atom. The van der Waals surface area contributed by atoms with Crippen molar-refractivity contribution < 1.29 is 9.90 Å². The summed E-state index contributed by atoms with van der Waals surface area (Å²) < 4.78 is 0. The van der Waals surface area contributed by atoms with Crippen molar-refractivity contribution >= 4 is 17.3 Å². The number of hydrogen-bond acceptors (Lipinski definition) is 4. The van der Waals surface area contributed by atoms with Crippen molar-refractivity contribution in [2.24, 2.45) is 0 Å². The molecule has 24 heavy (non-hydrogen) atoms. The predicted molar refractivity (Wildman–Crippen MR) is 97.4 cm³/mol. The number of piperidine rings is 1. The van der Waals surface area contributed by atoms with E-state index in [9.17, 15) is 9.90 Å². The van der Waals surface area contributed by atoms with Crippen molar-refractivity contribution in [3.63, 3.8) is 0 Å². The zero-order chi connectivity index (χ0) is 17.2. The van der Waals surface area contributed by atoms with Gasteiger partial charge in [-0.1, -0.05) is 0 Å². The van der Waals surface area contributed by atoms with Crippen LogP contribution < -0.4 is 10.2 Å². The van der Waals surface area contributed by atoms with Crippen LogP contribution in [-0.2, 0) is 4.79 Å². The summed E-state index contributed by atoms with van der Waals surface area (Å²) >= 11 is 0. The first-order valence-corrected chi connectivity index (χ1v) is 9.03. The van der Waals surface area contributed by atoms with E-state index in [1.165, 1.54) is 18.5 Å². The summed E-state index contributed by atoms with van der Waals surface area (Å²) in [6, 6.07) is 8.52. The topological polar surface area (TPSA) is 55.8 Å². The lowest BCUT2D eigenvalue weighted by Gasteiger charge is -2.36. The number of likely N-dealkylation sites (tertiary alicyclic amines) is 1. The van der Waals surface area contributed by atoms with E-state index in [0.717, 1.165) is 31.6 Å². The number of hydrogen-bond donors (Lipinski definition) is 2. The fourth-order valence-electron chi connectivity index (χ4n) is 3.81. The van der Waals surface area contributed by atoms with Crippen molar-refractivity contribution in [1.29, 1.82) is 0 Å². The molecule has 0 atom stereocenters. The number of nitrogens with zero attached hydrogens (tertiary/aromatic N) is 2. The van der Waals surface area contributed by atoms with Gasteiger partial charge in [0.1, 0.15) is 5.60 Å². The van der Waals surface area contributed by atoms with Gasteiger partial charge in [-0.2, -0.15) is 0 Å². The van der Waals surface area contributed by atoms with E-state index in [1.54, 1.807) is 0 Å². The number of carbonyl (C=O) groups is 1. The molecular formula is C19H29N3O2. The number of nitrogens with one attached hydrogen (secondary N) is 1. The monoisotopic (exact) mass is 331 g/mol. The molecule has 1 aromatic rings. The molecule has 1 amide bonds. The van der Waals surface area contributed by atoms with Gasteiger partial charge in [-0.3, -0.25) is 4.79 Å². The zero-order valence-electron chi connectivity index (χ0n) is 14.8. The quantitative estimate of drug-likeness (QED) is 0.890. The highest BCUT2D eigenvalue weighted by Gasteiger charge is 2.38. The average molecular weight is 331 g/mol. The van der Waals surface area contributed by atoms with Crippen LogP contribution in [0.1, 0.15) is 38.5 Å². The van der Waals surface area contributed by atoms with E-state index in [0.29, 0.717) is 18.9 Å². The van der Waals surface area contributed by atoms with Gasteiger partial charge in [0.2, 0.25) is 0 Å². The summed E-state index contributed by atoms with van der Waals surface area (Å²) in [5, 5.41) is 13.2. The average Bonchev–Trinajstić information content (AvgIpc) is 3.04. The van der Waals surface area contributed by atoms with E-state index in [2.05, 4.69) is 29.2 Å². The maximum Gasteiger partial charge on any atom is 0.256 e. The normalized spacial score (nSPS) is 21.6. The highest BCUT2D eigenvalue weighted by Crippen LogP contribution is 2.31. The van der Waals surface area contributed by atoms with Gasteiger partial charge in [0.05, 0.1) is 0 Å². The lowest BCUT2D eigenvalue weighted by Crippen LogP contribution is -2.42. The molecule has 1 saturated heterocycles. The molecule has 2 N–H and O–H groups in total. The first kappa shape index (κ1) is 17.2. The standard InChI is InChI=1S/C19H29N3O2/c1-21-13-9-17(10-14-21)22(2)16-7-5-15(6-8-16)20-18(23)19(24)11-3-4-12-19/h5-8,17,24H,3-4,9-14H2,1-2H3,(H,20,23). The SMILES string of the molecule is CN1CCC(N(C)c2ccc(NC(=O)C3(O)CCCC3)cc2)CC1. The van der Waals surface area contributed by atoms with Crippen LogP contribution in [0.3, 0.4) is 0 Å². The van der Waals surface area contributed by atoms with E-state index >= 15 is 0 Å². The molecule has 1 aliphatic carbocycles. The molecule has 3 rings (SSSR count). The van der Waals surface area contributed by atoms with Crippen molar-refractivity contribution in [3.8, 4) is 0 Å². The predicted octanol–water partition coefficient (Wildman–Crippen LogP) is 2.46.